The van der Waals surface area contributed by atoms with Crippen LogP contribution in [0.25, 0.3) is 0 Å². The molecule has 0 aliphatic heterocycles. The first-order chi connectivity index (χ1) is 9.78. The van der Waals surface area contributed by atoms with E-state index in [9.17, 15) is 0 Å². The summed E-state index contributed by atoms with van der Waals surface area (Å²) in [6.07, 6.45) is 0. The van der Waals surface area contributed by atoms with E-state index >= 15 is 0 Å². The minimum absolute atomic E-state index is 0.639. The zero-order valence-electron chi connectivity index (χ0n) is 11.4. The van der Waals surface area contributed by atoms with Crippen molar-refractivity contribution in [2.24, 2.45) is 0 Å². The first-order valence-electron chi connectivity index (χ1n) is 6.50. The largest absolute Gasteiger partial charge is 0.497 e. The Labute approximate surface area is 128 Å². The molecule has 2 rings (SSSR count). The van der Waals surface area contributed by atoms with E-state index in [0.717, 1.165) is 29.1 Å². The molecular formula is C16H18BrNO2. The van der Waals surface area contributed by atoms with Gasteiger partial charge in [0.15, 0.2) is 0 Å². The Morgan fingerprint density at radius 2 is 1.85 bits per heavy atom. The van der Waals surface area contributed by atoms with Crippen molar-refractivity contribution in [1.82, 2.24) is 5.32 Å². The maximum absolute atomic E-state index is 5.65. The zero-order valence-corrected chi connectivity index (χ0v) is 13.0. The number of hydrogen-bond acceptors (Lipinski definition) is 3. The van der Waals surface area contributed by atoms with Gasteiger partial charge in [-0.05, 0) is 35.9 Å². The van der Waals surface area contributed by atoms with E-state index in [2.05, 4.69) is 27.3 Å². The molecule has 2 aromatic carbocycles. The SMILES string of the molecule is COc1cccc(CNCCOc2cccc(Br)c2)c1. The van der Waals surface area contributed by atoms with Gasteiger partial charge >= 0.3 is 0 Å². The monoisotopic (exact) mass is 335 g/mol. The second-order valence-corrected chi connectivity index (χ2v) is 5.25. The zero-order chi connectivity index (χ0) is 14.2. The molecule has 0 saturated carbocycles. The second kappa shape index (κ2) is 7.92. The third-order valence-electron chi connectivity index (χ3n) is 2.81. The van der Waals surface area contributed by atoms with Crippen LogP contribution in [-0.4, -0.2) is 20.3 Å². The third kappa shape index (κ3) is 4.87. The highest BCUT2D eigenvalue weighted by atomic mass is 79.9. The molecule has 106 valence electrons. The number of hydrogen-bond donors (Lipinski definition) is 1. The Balaban J connectivity index is 1.68. The van der Waals surface area contributed by atoms with E-state index in [1.165, 1.54) is 5.56 Å². The predicted octanol–water partition coefficient (Wildman–Crippen LogP) is 3.63. The van der Waals surface area contributed by atoms with Crippen molar-refractivity contribution in [3.8, 4) is 11.5 Å². The summed E-state index contributed by atoms with van der Waals surface area (Å²) >= 11 is 3.42. The molecule has 0 atom stereocenters. The highest BCUT2D eigenvalue weighted by molar-refractivity contribution is 9.10. The Morgan fingerprint density at radius 1 is 1.05 bits per heavy atom. The lowest BCUT2D eigenvalue weighted by Gasteiger charge is -2.08. The van der Waals surface area contributed by atoms with Crippen LogP contribution in [0.2, 0.25) is 0 Å². The lowest BCUT2D eigenvalue weighted by Crippen LogP contribution is -2.20. The first-order valence-corrected chi connectivity index (χ1v) is 7.29. The molecule has 20 heavy (non-hydrogen) atoms. The number of benzene rings is 2. The van der Waals surface area contributed by atoms with Crippen LogP contribution >= 0.6 is 15.9 Å². The van der Waals surface area contributed by atoms with Crippen LogP contribution in [0.4, 0.5) is 0 Å². The maximum atomic E-state index is 5.65. The smallest absolute Gasteiger partial charge is 0.120 e. The van der Waals surface area contributed by atoms with Crippen molar-refractivity contribution in [3.63, 3.8) is 0 Å². The van der Waals surface area contributed by atoms with Crippen molar-refractivity contribution < 1.29 is 9.47 Å². The minimum atomic E-state index is 0.639. The second-order valence-electron chi connectivity index (χ2n) is 4.33. The fourth-order valence-electron chi connectivity index (χ4n) is 1.81. The Kier molecular flexibility index (Phi) is 5.89. The van der Waals surface area contributed by atoms with E-state index in [1.807, 2.05) is 42.5 Å². The van der Waals surface area contributed by atoms with Gasteiger partial charge in [-0.2, -0.15) is 0 Å². The molecule has 1 N–H and O–H groups in total. The summed E-state index contributed by atoms with van der Waals surface area (Å²) in [6.45, 7) is 2.24. The van der Waals surface area contributed by atoms with Crippen molar-refractivity contribution in [2.45, 2.75) is 6.54 Å². The third-order valence-corrected chi connectivity index (χ3v) is 3.30. The molecule has 0 aliphatic rings. The van der Waals surface area contributed by atoms with Gasteiger partial charge in [-0.25, -0.2) is 0 Å². The molecule has 0 heterocycles. The lowest BCUT2D eigenvalue weighted by atomic mass is 10.2. The number of nitrogens with one attached hydrogen (secondary N) is 1. The van der Waals surface area contributed by atoms with Gasteiger partial charge in [-0.1, -0.05) is 34.1 Å². The number of halogens is 1. The molecule has 0 aliphatic carbocycles. The summed E-state index contributed by atoms with van der Waals surface area (Å²) in [5.74, 6) is 1.76. The fraction of sp³-hybridized carbons (Fsp3) is 0.250. The number of ether oxygens (including phenoxy) is 2. The van der Waals surface area contributed by atoms with Crippen LogP contribution in [0, 0.1) is 0 Å². The normalized spacial score (nSPS) is 10.3. The highest BCUT2D eigenvalue weighted by Crippen LogP contribution is 2.17. The van der Waals surface area contributed by atoms with Crippen LogP contribution in [0.3, 0.4) is 0 Å². The molecule has 0 bridgehead atoms. The number of methoxy groups -OCH3 is 1. The summed E-state index contributed by atoms with van der Waals surface area (Å²) in [5, 5.41) is 3.35. The van der Waals surface area contributed by atoms with Crippen molar-refractivity contribution in [3.05, 3.63) is 58.6 Å². The van der Waals surface area contributed by atoms with Gasteiger partial charge in [-0.3, -0.25) is 0 Å². The van der Waals surface area contributed by atoms with Crippen LogP contribution in [-0.2, 0) is 6.54 Å². The quantitative estimate of drug-likeness (QED) is 0.784. The van der Waals surface area contributed by atoms with E-state index in [1.54, 1.807) is 7.11 Å². The van der Waals surface area contributed by atoms with Crippen molar-refractivity contribution >= 4 is 15.9 Å². The molecule has 0 saturated heterocycles. The molecule has 4 heteroatoms. The van der Waals surface area contributed by atoms with E-state index < -0.39 is 0 Å². The lowest BCUT2D eigenvalue weighted by molar-refractivity contribution is 0.313. The van der Waals surface area contributed by atoms with E-state index in [0.29, 0.717) is 6.61 Å². The predicted molar refractivity (Wildman–Crippen MR) is 84.3 cm³/mol. The van der Waals surface area contributed by atoms with Crippen LogP contribution < -0.4 is 14.8 Å². The molecule has 3 nitrogen and oxygen atoms in total. The summed E-state index contributed by atoms with van der Waals surface area (Å²) in [7, 11) is 1.68. The fourth-order valence-corrected chi connectivity index (χ4v) is 2.19. The van der Waals surface area contributed by atoms with Gasteiger partial charge in [0.1, 0.15) is 18.1 Å². The van der Waals surface area contributed by atoms with Crippen molar-refractivity contribution in [1.29, 1.82) is 0 Å². The van der Waals surface area contributed by atoms with Gasteiger partial charge in [0, 0.05) is 17.6 Å². The molecule has 2 aromatic rings. The maximum Gasteiger partial charge on any atom is 0.120 e. The molecule has 0 unspecified atom stereocenters. The van der Waals surface area contributed by atoms with Gasteiger partial charge in [-0.15, -0.1) is 0 Å². The van der Waals surface area contributed by atoms with Gasteiger partial charge in [0.25, 0.3) is 0 Å². The summed E-state index contributed by atoms with van der Waals surface area (Å²) < 4.78 is 11.9. The Bertz CT molecular complexity index is 546. The van der Waals surface area contributed by atoms with Gasteiger partial charge in [0.05, 0.1) is 7.11 Å². The van der Waals surface area contributed by atoms with E-state index in [-0.39, 0.29) is 0 Å². The molecule has 0 aromatic heterocycles. The Morgan fingerprint density at radius 3 is 2.65 bits per heavy atom. The van der Waals surface area contributed by atoms with Crippen LogP contribution in [0.1, 0.15) is 5.56 Å². The molecular weight excluding hydrogens is 318 g/mol. The van der Waals surface area contributed by atoms with Crippen molar-refractivity contribution in [2.75, 3.05) is 20.3 Å². The highest BCUT2D eigenvalue weighted by Gasteiger charge is 1.97. The molecule has 0 spiro atoms. The molecule has 0 amide bonds. The standard InChI is InChI=1S/C16H18BrNO2/c1-19-15-6-2-4-13(10-15)12-18-8-9-20-16-7-3-5-14(17)11-16/h2-7,10-11,18H,8-9,12H2,1H3. The average Bonchev–Trinajstić information content (AvgIpc) is 2.47. The summed E-state index contributed by atoms with van der Waals surface area (Å²) in [4.78, 5) is 0. The Hall–Kier alpha value is -1.52. The number of rotatable bonds is 7. The summed E-state index contributed by atoms with van der Waals surface area (Å²) in [6, 6.07) is 15.9. The molecule has 0 radical (unpaired) electrons. The minimum Gasteiger partial charge on any atom is -0.497 e. The summed E-state index contributed by atoms with van der Waals surface area (Å²) in [5.41, 5.74) is 1.20. The van der Waals surface area contributed by atoms with Crippen LogP contribution in [0.5, 0.6) is 11.5 Å². The van der Waals surface area contributed by atoms with Gasteiger partial charge in [0.2, 0.25) is 0 Å². The molecule has 0 fully saturated rings. The first kappa shape index (κ1) is 14.9. The van der Waals surface area contributed by atoms with Gasteiger partial charge < -0.3 is 14.8 Å². The topological polar surface area (TPSA) is 30.5 Å². The van der Waals surface area contributed by atoms with E-state index in [4.69, 9.17) is 9.47 Å². The average molecular weight is 336 g/mol. The van der Waals surface area contributed by atoms with Crippen LogP contribution in [0.15, 0.2) is 53.0 Å².